The lowest BCUT2D eigenvalue weighted by atomic mass is 10.1. The van der Waals surface area contributed by atoms with Crippen LogP contribution in [0.3, 0.4) is 0 Å². The smallest absolute Gasteiger partial charge is 0.256 e. The summed E-state index contributed by atoms with van der Waals surface area (Å²) in [6.07, 6.45) is 5.11. The van der Waals surface area contributed by atoms with Crippen LogP contribution in [0.25, 0.3) is 5.69 Å². The van der Waals surface area contributed by atoms with Gasteiger partial charge in [-0.25, -0.2) is 18.4 Å². The topological polar surface area (TPSA) is 107 Å². The van der Waals surface area contributed by atoms with Gasteiger partial charge in [-0.3, -0.25) is 9.48 Å². The van der Waals surface area contributed by atoms with Crippen LogP contribution >= 0.6 is 11.6 Å². The number of carbonyl (C=O) groups is 1. The zero-order valence-corrected chi connectivity index (χ0v) is 21.2. The van der Waals surface area contributed by atoms with E-state index in [1.54, 1.807) is 29.1 Å². The maximum atomic E-state index is 13.8. The van der Waals surface area contributed by atoms with E-state index in [0.717, 1.165) is 16.8 Å². The van der Waals surface area contributed by atoms with Crippen molar-refractivity contribution in [3.05, 3.63) is 76.5 Å². The summed E-state index contributed by atoms with van der Waals surface area (Å²) in [5.41, 5.74) is 2.72. The molecule has 10 nitrogen and oxygen atoms in total. The lowest BCUT2D eigenvalue weighted by molar-refractivity contribution is 0.0710. The van der Waals surface area contributed by atoms with Crippen molar-refractivity contribution in [3.8, 4) is 5.69 Å². The summed E-state index contributed by atoms with van der Waals surface area (Å²) in [6.45, 7) is 3.46. The molecule has 2 aliphatic rings. The van der Waals surface area contributed by atoms with Crippen molar-refractivity contribution < 1.29 is 13.6 Å². The molecule has 13 heteroatoms. The van der Waals surface area contributed by atoms with Gasteiger partial charge in [0, 0.05) is 43.0 Å². The van der Waals surface area contributed by atoms with Crippen LogP contribution in [0.15, 0.2) is 49.1 Å². The molecule has 6 rings (SSSR count). The predicted molar refractivity (Wildman–Crippen MR) is 134 cm³/mol. The van der Waals surface area contributed by atoms with Crippen molar-refractivity contribution in [1.29, 1.82) is 0 Å². The zero-order chi connectivity index (χ0) is 26.5. The fourth-order valence-electron chi connectivity index (χ4n) is 5.02. The van der Waals surface area contributed by atoms with E-state index < -0.39 is 11.3 Å². The molecule has 1 atom stereocenters. The number of alkyl halides is 2. The van der Waals surface area contributed by atoms with E-state index in [1.807, 2.05) is 24.0 Å². The first kappa shape index (κ1) is 24.4. The minimum atomic E-state index is -2.55. The molecular formula is C25H24ClF2N9O. The van der Waals surface area contributed by atoms with Crippen LogP contribution in [0.1, 0.15) is 40.0 Å². The Morgan fingerprint density at radius 2 is 2.05 bits per heavy atom. The third-order valence-electron chi connectivity index (χ3n) is 7.37. The van der Waals surface area contributed by atoms with Gasteiger partial charge in [0.2, 0.25) is 0 Å². The zero-order valence-electron chi connectivity index (χ0n) is 20.5. The minimum absolute atomic E-state index is 0.0255. The highest BCUT2D eigenvalue weighted by Crippen LogP contribution is 2.65. The standard InChI is InChI=1S/C25H24ClF2N9O/c1-16-17(2-5-22(32-16)35-7-6-24(14-35)13-25(24,27)28)11-36-12-19(10-31-36)23(38)29-9-18-8-20(26)3-4-21(18)37-15-30-33-34-37/h2-5,8,10,12,15H,6-7,9,11,13-14H2,1H3,(H,29,38). The van der Waals surface area contributed by atoms with Crippen LogP contribution in [0.2, 0.25) is 5.02 Å². The molecule has 0 bridgehead atoms. The maximum absolute atomic E-state index is 13.8. The van der Waals surface area contributed by atoms with E-state index in [2.05, 4.69) is 30.9 Å². The third-order valence-corrected chi connectivity index (χ3v) is 7.61. The number of amides is 1. The van der Waals surface area contributed by atoms with Gasteiger partial charge >= 0.3 is 0 Å². The highest BCUT2D eigenvalue weighted by molar-refractivity contribution is 6.30. The van der Waals surface area contributed by atoms with Gasteiger partial charge in [-0.2, -0.15) is 5.10 Å². The first-order valence-corrected chi connectivity index (χ1v) is 12.5. The van der Waals surface area contributed by atoms with Gasteiger partial charge in [-0.15, -0.1) is 5.10 Å². The van der Waals surface area contributed by atoms with Gasteiger partial charge in [0.05, 0.1) is 29.4 Å². The van der Waals surface area contributed by atoms with E-state index in [1.165, 1.54) is 17.2 Å². The summed E-state index contributed by atoms with van der Waals surface area (Å²) in [4.78, 5) is 19.4. The molecule has 38 heavy (non-hydrogen) atoms. The Bertz CT molecular complexity index is 1510. The number of hydrogen-bond acceptors (Lipinski definition) is 7. The summed E-state index contributed by atoms with van der Waals surface area (Å²) < 4.78 is 30.7. The van der Waals surface area contributed by atoms with Crippen molar-refractivity contribution in [2.24, 2.45) is 5.41 Å². The van der Waals surface area contributed by atoms with Gasteiger partial charge < -0.3 is 10.2 Å². The Balaban J connectivity index is 1.09. The number of tetrazole rings is 1. The molecule has 1 spiro atoms. The second-order valence-electron chi connectivity index (χ2n) is 9.88. The van der Waals surface area contributed by atoms with Crippen LogP contribution < -0.4 is 10.2 Å². The number of benzene rings is 1. The molecule has 4 heterocycles. The largest absolute Gasteiger partial charge is 0.356 e. The Labute approximate surface area is 221 Å². The number of halogens is 3. The van der Waals surface area contributed by atoms with E-state index in [0.29, 0.717) is 48.1 Å². The number of nitrogens with zero attached hydrogens (tertiary/aromatic N) is 8. The molecule has 3 aromatic heterocycles. The predicted octanol–water partition coefficient (Wildman–Crippen LogP) is 3.43. The Kier molecular flexibility index (Phi) is 5.86. The molecule has 1 N–H and O–H groups in total. The second-order valence-corrected chi connectivity index (χ2v) is 10.3. The average molecular weight is 540 g/mol. The van der Waals surface area contributed by atoms with Crippen LogP contribution in [-0.2, 0) is 13.1 Å². The van der Waals surface area contributed by atoms with Crippen molar-refractivity contribution in [1.82, 2.24) is 40.3 Å². The van der Waals surface area contributed by atoms with Gasteiger partial charge in [0.1, 0.15) is 12.1 Å². The van der Waals surface area contributed by atoms with Crippen molar-refractivity contribution in [2.75, 3.05) is 18.0 Å². The number of carbonyl (C=O) groups excluding carboxylic acids is 1. The molecular weight excluding hydrogens is 516 g/mol. The van der Waals surface area contributed by atoms with Crippen molar-refractivity contribution >= 4 is 23.3 Å². The average Bonchev–Trinajstić information content (AvgIpc) is 3.48. The summed E-state index contributed by atoms with van der Waals surface area (Å²) in [5, 5.41) is 19.0. The van der Waals surface area contributed by atoms with Crippen LogP contribution in [0.4, 0.5) is 14.6 Å². The normalized spacial score (nSPS) is 19.7. The highest BCUT2D eigenvalue weighted by atomic mass is 35.5. The number of nitrogens with one attached hydrogen (secondary N) is 1. The van der Waals surface area contributed by atoms with Crippen LogP contribution in [-0.4, -0.2) is 59.9 Å². The van der Waals surface area contributed by atoms with Gasteiger partial charge in [0.25, 0.3) is 11.8 Å². The number of anilines is 1. The Morgan fingerprint density at radius 3 is 2.76 bits per heavy atom. The highest BCUT2D eigenvalue weighted by Gasteiger charge is 2.72. The molecule has 2 fully saturated rings. The fourth-order valence-corrected chi connectivity index (χ4v) is 5.22. The van der Waals surface area contributed by atoms with Gasteiger partial charge in [0.15, 0.2) is 0 Å². The molecule has 1 aromatic carbocycles. The maximum Gasteiger partial charge on any atom is 0.256 e. The lowest BCUT2D eigenvalue weighted by Gasteiger charge is -2.19. The molecule has 1 unspecified atom stereocenters. The SMILES string of the molecule is Cc1nc(N2CCC3(C2)CC3(F)F)ccc1Cn1cc(C(=O)NCc2cc(Cl)ccc2-n2cnnn2)cn1. The number of hydrogen-bond donors (Lipinski definition) is 1. The van der Waals surface area contributed by atoms with Gasteiger partial charge in [-0.1, -0.05) is 17.7 Å². The summed E-state index contributed by atoms with van der Waals surface area (Å²) >= 11 is 6.15. The molecule has 1 amide bonds. The Morgan fingerprint density at radius 1 is 1.21 bits per heavy atom. The molecule has 196 valence electrons. The third kappa shape index (κ3) is 4.49. The molecule has 0 radical (unpaired) electrons. The fraction of sp³-hybridized carbons (Fsp3) is 0.360. The van der Waals surface area contributed by atoms with E-state index in [4.69, 9.17) is 11.6 Å². The van der Waals surface area contributed by atoms with E-state index in [-0.39, 0.29) is 18.9 Å². The second kappa shape index (κ2) is 9.12. The summed E-state index contributed by atoms with van der Waals surface area (Å²) in [6, 6.07) is 9.06. The molecule has 1 saturated carbocycles. The number of pyridine rings is 1. The lowest BCUT2D eigenvalue weighted by Crippen LogP contribution is -2.23. The van der Waals surface area contributed by atoms with Crippen LogP contribution in [0.5, 0.6) is 0 Å². The van der Waals surface area contributed by atoms with Gasteiger partial charge in [-0.05, 0) is 59.2 Å². The number of rotatable bonds is 7. The Hall–Kier alpha value is -3.93. The molecule has 1 saturated heterocycles. The molecule has 4 aromatic rings. The first-order valence-electron chi connectivity index (χ1n) is 12.1. The van der Waals surface area contributed by atoms with Crippen molar-refractivity contribution in [2.45, 2.75) is 38.8 Å². The monoisotopic (exact) mass is 539 g/mol. The number of aromatic nitrogens is 7. The quantitative estimate of drug-likeness (QED) is 0.383. The van der Waals surface area contributed by atoms with E-state index >= 15 is 0 Å². The summed E-state index contributed by atoms with van der Waals surface area (Å²) in [7, 11) is 0. The minimum Gasteiger partial charge on any atom is -0.356 e. The molecule has 1 aliphatic heterocycles. The van der Waals surface area contributed by atoms with Crippen molar-refractivity contribution in [3.63, 3.8) is 0 Å². The first-order chi connectivity index (χ1) is 18.2. The number of aryl methyl sites for hydroxylation is 1. The van der Waals surface area contributed by atoms with Crippen LogP contribution in [0, 0.1) is 12.3 Å². The molecule has 1 aliphatic carbocycles. The van der Waals surface area contributed by atoms with E-state index in [9.17, 15) is 13.6 Å². The summed E-state index contributed by atoms with van der Waals surface area (Å²) in [5.74, 6) is -2.12.